The van der Waals surface area contributed by atoms with Gasteiger partial charge in [0.1, 0.15) is 0 Å². The predicted molar refractivity (Wildman–Crippen MR) is 91.4 cm³/mol. The van der Waals surface area contributed by atoms with Gasteiger partial charge in [-0.1, -0.05) is 17.7 Å². The van der Waals surface area contributed by atoms with Crippen molar-refractivity contribution in [1.29, 1.82) is 0 Å². The number of nitrogens with one attached hydrogen (secondary N) is 2. The molecule has 2 aromatic carbocycles. The summed E-state index contributed by atoms with van der Waals surface area (Å²) in [6.45, 7) is 1.64. The Morgan fingerprint density at radius 1 is 1.05 bits per heavy atom. The van der Waals surface area contributed by atoms with Crippen molar-refractivity contribution >= 4 is 39.7 Å². The van der Waals surface area contributed by atoms with Crippen LogP contribution in [-0.4, -0.2) is 15.0 Å². The fourth-order valence-electron chi connectivity index (χ4n) is 2.36. The maximum absolute atomic E-state index is 12.4. The van der Waals surface area contributed by atoms with Crippen LogP contribution >= 0.6 is 24.0 Å². The van der Waals surface area contributed by atoms with Crippen molar-refractivity contribution in [3.05, 3.63) is 58.6 Å². The fraction of sp³-hybridized carbons (Fsp3) is 0.200. The van der Waals surface area contributed by atoms with Gasteiger partial charge in [0, 0.05) is 17.3 Å². The second-order valence-corrected chi connectivity index (χ2v) is 7.09. The Balaban J connectivity index is 0.00000176. The quantitative estimate of drug-likeness (QED) is 0.885. The van der Waals surface area contributed by atoms with Crippen LogP contribution in [0.3, 0.4) is 0 Å². The lowest BCUT2D eigenvalue weighted by molar-refractivity contribution is 0.599. The van der Waals surface area contributed by atoms with E-state index in [4.69, 9.17) is 11.6 Å². The molecule has 0 atom stereocenters. The molecule has 1 aliphatic rings. The summed E-state index contributed by atoms with van der Waals surface area (Å²) in [6, 6.07) is 11.9. The molecule has 3 rings (SSSR count). The van der Waals surface area contributed by atoms with Gasteiger partial charge in [-0.15, -0.1) is 12.4 Å². The van der Waals surface area contributed by atoms with Crippen LogP contribution in [0, 0.1) is 0 Å². The van der Waals surface area contributed by atoms with Gasteiger partial charge in [0.15, 0.2) is 0 Å². The summed E-state index contributed by atoms with van der Waals surface area (Å²) in [5.41, 5.74) is 2.75. The van der Waals surface area contributed by atoms with Crippen LogP contribution in [0.15, 0.2) is 47.4 Å². The van der Waals surface area contributed by atoms with Crippen LogP contribution in [-0.2, 0) is 23.0 Å². The summed E-state index contributed by atoms with van der Waals surface area (Å²) in [6.07, 6.45) is 0.931. The molecule has 2 aromatic rings. The first-order chi connectivity index (χ1) is 10.0. The minimum Gasteiger partial charge on any atom is -0.312 e. The Morgan fingerprint density at radius 2 is 1.77 bits per heavy atom. The highest BCUT2D eigenvalue weighted by atomic mass is 35.5. The molecule has 1 aliphatic heterocycles. The molecule has 0 radical (unpaired) electrons. The zero-order chi connectivity index (χ0) is 14.9. The van der Waals surface area contributed by atoms with Crippen molar-refractivity contribution in [3.63, 3.8) is 0 Å². The Kier molecular flexibility index (Phi) is 5.34. The first-order valence-electron chi connectivity index (χ1n) is 6.65. The second kappa shape index (κ2) is 6.87. The molecule has 22 heavy (non-hydrogen) atoms. The summed E-state index contributed by atoms with van der Waals surface area (Å²) < 4.78 is 27.4. The summed E-state index contributed by atoms with van der Waals surface area (Å²) in [5, 5.41) is 3.81. The van der Waals surface area contributed by atoms with Gasteiger partial charge >= 0.3 is 0 Å². The van der Waals surface area contributed by atoms with Crippen LogP contribution in [0.1, 0.15) is 11.1 Å². The van der Waals surface area contributed by atoms with E-state index < -0.39 is 10.0 Å². The van der Waals surface area contributed by atoms with E-state index in [0.717, 1.165) is 18.5 Å². The SMILES string of the molecule is Cl.O=S(=O)(Nc1ccc(Cl)cc1)c1ccc2c(c1)CNCC2. The smallest absolute Gasteiger partial charge is 0.261 e. The van der Waals surface area contributed by atoms with Crippen molar-refractivity contribution in [2.75, 3.05) is 11.3 Å². The molecule has 0 spiro atoms. The first kappa shape index (κ1) is 17.1. The van der Waals surface area contributed by atoms with Gasteiger partial charge in [-0.3, -0.25) is 4.72 Å². The summed E-state index contributed by atoms with van der Waals surface area (Å²) in [4.78, 5) is 0.278. The lowest BCUT2D eigenvalue weighted by Gasteiger charge is -2.18. The van der Waals surface area contributed by atoms with Gasteiger partial charge in [-0.25, -0.2) is 8.42 Å². The molecule has 0 saturated heterocycles. The highest BCUT2D eigenvalue weighted by molar-refractivity contribution is 7.92. The van der Waals surface area contributed by atoms with Crippen molar-refractivity contribution in [1.82, 2.24) is 5.32 Å². The highest BCUT2D eigenvalue weighted by Crippen LogP contribution is 2.22. The Morgan fingerprint density at radius 3 is 2.50 bits per heavy atom. The van der Waals surface area contributed by atoms with Gasteiger partial charge in [-0.2, -0.15) is 0 Å². The lowest BCUT2D eigenvalue weighted by Crippen LogP contribution is -2.24. The summed E-state index contributed by atoms with van der Waals surface area (Å²) >= 11 is 5.80. The van der Waals surface area contributed by atoms with Crippen molar-refractivity contribution < 1.29 is 8.42 Å². The number of anilines is 1. The van der Waals surface area contributed by atoms with Crippen LogP contribution in [0.2, 0.25) is 5.02 Å². The second-order valence-electron chi connectivity index (χ2n) is 4.97. The Labute approximate surface area is 141 Å². The zero-order valence-electron chi connectivity index (χ0n) is 11.7. The molecule has 1 heterocycles. The standard InChI is InChI=1S/C15H15ClN2O2S.ClH/c16-13-2-4-14(5-3-13)18-21(19,20)15-6-1-11-7-8-17-10-12(11)9-15;/h1-6,9,17-18H,7-8,10H2;1H. The largest absolute Gasteiger partial charge is 0.312 e. The van der Waals surface area contributed by atoms with Crippen LogP contribution in [0.5, 0.6) is 0 Å². The molecule has 2 N–H and O–H groups in total. The fourth-order valence-corrected chi connectivity index (χ4v) is 3.59. The molecular weight excluding hydrogens is 343 g/mol. The van der Waals surface area contributed by atoms with Gasteiger partial charge in [0.05, 0.1) is 4.90 Å². The van der Waals surface area contributed by atoms with Crippen molar-refractivity contribution in [3.8, 4) is 0 Å². The molecule has 118 valence electrons. The third-order valence-electron chi connectivity index (χ3n) is 3.47. The van der Waals surface area contributed by atoms with E-state index in [1.54, 1.807) is 36.4 Å². The molecular formula is C15H16Cl2N2O2S. The summed E-state index contributed by atoms with van der Waals surface area (Å²) in [7, 11) is -3.58. The maximum atomic E-state index is 12.4. The van der Waals surface area contributed by atoms with Crippen molar-refractivity contribution in [2.45, 2.75) is 17.9 Å². The van der Waals surface area contributed by atoms with E-state index in [1.165, 1.54) is 5.56 Å². The Hall–Kier alpha value is -1.27. The number of benzene rings is 2. The topological polar surface area (TPSA) is 58.2 Å². The van der Waals surface area contributed by atoms with Gasteiger partial charge in [0.2, 0.25) is 0 Å². The highest BCUT2D eigenvalue weighted by Gasteiger charge is 2.17. The van der Waals surface area contributed by atoms with Gasteiger partial charge < -0.3 is 5.32 Å². The average molecular weight is 359 g/mol. The summed E-state index contributed by atoms with van der Waals surface area (Å²) in [5.74, 6) is 0. The van der Waals surface area contributed by atoms with E-state index >= 15 is 0 Å². The zero-order valence-corrected chi connectivity index (χ0v) is 14.1. The van der Waals surface area contributed by atoms with E-state index in [-0.39, 0.29) is 17.3 Å². The van der Waals surface area contributed by atoms with E-state index in [1.807, 2.05) is 6.07 Å². The molecule has 4 nitrogen and oxygen atoms in total. The minimum absolute atomic E-state index is 0. The average Bonchev–Trinajstić information content (AvgIpc) is 2.49. The molecule has 0 amide bonds. The monoisotopic (exact) mass is 358 g/mol. The normalized spacial score (nSPS) is 13.9. The van der Waals surface area contributed by atoms with Crippen LogP contribution in [0.4, 0.5) is 5.69 Å². The number of hydrogen-bond acceptors (Lipinski definition) is 3. The first-order valence-corrected chi connectivity index (χ1v) is 8.52. The molecule has 0 aromatic heterocycles. The van der Waals surface area contributed by atoms with Crippen LogP contribution in [0.25, 0.3) is 0 Å². The van der Waals surface area contributed by atoms with E-state index in [0.29, 0.717) is 17.3 Å². The van der Waals surface area contributed by atoms with Crippen LogP contribution < -0.4 is 10.0 Å². The van der Waals surface area contributed by atoms with Crippen molar-refractivity contribution in [2.24, 2.45) is 0 Å². The van der Waals surface area contributed by atoms with Gasteiger partial charge in [0.25, 0.3) is 10.0 Å². The predicted octanol–water partition coefficient (Wildman–Crippen LogP) is 3.21. The Bertz CT molecular complexity index is 762. The number of sulfonamides is 1. The van der Waals surface area contributed by atoms with Gasteiger partial charge in [-0.05, 0) is 60.5 Å². The molecule has 0 unspecified atom stereocenters. The third-order valence-corrected chi connectivity index (χ3v) is 5.10. The third kappa shape index (κ3) is 3.73. The lowest BCUT2D eigenvalue weighted by atomic mass is 10.0. The minimum atomic E-state index is -3.58. The van der Waals surface area contributed by atoms with E-state index in [2.05, 4.69) is 10.0 Å². The number of fused-ring (bicyclic) bond motifs is 1. The maximum Gasteiger partial charge on any atom is 0.261 e. The number of rotatable bonds is 3. The number of halogens is 2. The molecule has 0 fully saturated rings. The molecule has 0 saturated carbocycles. The molecule has 7 heteroatoms. The molecule has 0 bridgehead atoms. The van der Waals surface area contributed by atoms with E-state index in [9.17, 15) is 8.42 Å². The molecule has 0 aliphatic carbocycles. The number of hydrogen-bond donors (Lipinski definition) is 2.